The van der Waals surface area contributed by atoms with Crippen molar-refractivity contribution in [2.75, 3.05) is 25.0 Å². The lowest BCUT2D eigenvalue weighted by atomic mass is 10.0. The zero-order valence-electron chi connectivity index (χ0n) is 12.2. The molecule has 19 heavy (non-hydrogen) atoms. The first kappa shape index (κ1) is 14.1. The molecule has 1 aromatic rings. The van der Waals surface area contributed by atoms with Gasteiger partial charge in [0.05, 0.1) is 0 Å². The first-order chi connectivity index (χ1) is 9.06. The summed E-state index contributed by atoms with van der Waals surface area (Å²) in [4.78, 5) is 14.0. The van der Waals surface area contributed by atoms with Gasteiger partial charge in [0, 0.05) is 19.2 Å². The summed E-state index contributed by atoms with van der Waals surface area (Å²) in [5.41, 5.74) is 3.41. The molecule has 3 heteroatoms. The van der Waals surface area contributed by atoms with Crippen LogP contribution in [0.15, 0.2) is 18.2 Å². The van der Waals surface area contributed by atoms with Crippen LogP contribution in [0, 0.1) is 19.8 Å². The molecule has 0 spiro atoms. The number of hydrogen-bond acceptors (Lipinski definition) is 2. The Morgan fingerprint density at radius 3 is 2.58 bits per heavy atom. The Kier molecular flexibility index (Phi) is 4.59. The molecule has 1 amide bonds. The summed E-state index contributed by atoms with van der Waals surface area (Å²) in [7, 11) is 1.88. The van der Waals surface area contributed by atoms with E-state index in [9.17, 15) is 4.79 Å². The lowest BCUT2D eigenvalue weighted by Gasteiger charge is -2.19. The van der Waals surface area contributed by atoms with E-state index in [1.807, 2.05) is 7.05 Å². The number of carbonyl (C=O) groups excluding carboxylic acids is 1. The van der Waals surface area contributed by atoms with E-state index in [1.165, 1.54) is 17.5 Å². The largest absolute Gasteiger partial charge is 0.316 e. The molecule has 104 valence electrons. The summed E-state index contributed by atoms with van der Waals surface area (Å²) < 4.78 is 0. The average molecular weight is 260 g/mol. The maximum atomic E-state index is 12.2. The van der Waals surface area contributed by atoms with Crippen LogP contribution < -0.4 is 10.2 Å². The van der Waals surface area contributed by atoms with Gasteiger partial charge in [0.2, 0.25) is 5.91 Å². The second-order valence-electron chi connectivity index (χ2n) is 5.70. The molecule has 0 saturated carbocycles. The Balaban J connectivity index is 1.93. The van der Waals surface area contributed by atoms with Gasteiger partial charge in [-0.3, -0.25) is 4.79 Å². The van der Waals surface area contributed by atoms with Gasteiger partial charge in [0.1, 0.15) is 0 Å². The molecule has 0 aliphatic carbocycles. The Bertz CT molecular complexity index is 430. The fraction of sp³-hybridized carbons (Fsp3) is 0.562. The highest BCUT2D eigenvalue weighted by molar-refractivity contribution is 5.92. The molecular weight excluding hydrogens is 236 g/mol. The number of aryl methyl sites for hydroxylation is 2. The molecule has 3 nitrogen and oxygen atoms in total. The number of rotatable bonds is 4. The second-order valence-corrected chi connectivity index (χ2v) is 5.70. The normalized spacial score (nSPS) is 18.6. The molecule has 1 aliphatic heterocycles. The molecule has 1 N–H and O–H groups in total. The van der Waals surface area contributed by atoms with Gasteiger partial charge < -0.3 is 10.2 Å². The van der Waals surface area contributed by atoms with Gasteiger partial charge in [0.15, 0.2) is 0 Å². The number of carbonyl (C=O) groups is 1. The van der Waals surface area contributed by atoms with Crippen LogP contribution >= 0.6 is 0 Å². The van der Waals surface area contributed by atoms with Crippen LogP contribution in [0.3, 0.4) is 0 Å². The molecule has 1 fully saturated rings. The molecule has 2 rings (SSSR count). The summed E-state index contributed by atoms with van der Waals surface area (Å²) in [5.74, 6) is 0.897. The Labute approximate surface area is 116 Å². The van der Waals surface area contributed by atoms with Crippen molar-refractivity contribution < 1.29 is 4.79 Å². The molecule has 1 aromatic carbocycles. The molecule has 0 bridgehead atoms. The maximum absolute atomic E-state index is 12.2. The van der Waals surface area contributed by atoms with Crippen molar-refractivity contribution in [3.05, 3.63) is 29.3 Å². The van der Waals surface area contributed by atoms with Crippen molar-refractivity contribution in [3.8, 4) is 0 Å². The van der Waals surface area contributed by atoms with Crippen LogP contribution in [-0.2, 0) is 4.79 Å². The summed E-state index contributed by atoms with van der Waals surface area (Å²) in [5, 5.41) is 3.35. The van der Waals surface area contributed by atoms with Crippen LogP contribution in [0.25, 0.3) is 0 Å². The van der Waals surface area contributed by atoms with Gasteiger partial charge in [-0.2, -0.15) is 0 Å². The first-order valence-electron chi connectivity index (χ1n) is 7.12. The maximum Gasteiger partial charge on any atom is 0.226 e. The molecule has 1 saturated heterocycles. The number of anilines is 1. The third kappa shape index (κ3) is 3.80. The smallest absolute Gasteiger partial charge is 0.226 e. The minimum Gasteiger partial charge on any atom is -0.316 e. The van der Waals surface area contributed by atoms with E-state index in [4.69, 9.17) is 0 Å². The zero-order valence-corrected chi connectivity index (χ0v) is 12.2. The zero-order chi connectivity index (χ0) is 13.8. The Morgan fingerprint density at radius 2 is 2.00 bits per heavy atom. The van der Waals surface area contributed by atoms with Gasteiger partial charge >= 0.3 is 0 Å². The van der Waals surface area contributed by atoms with E-state index in [0.717, 1.165) is 25.2 Å². The number of nitrogens with zero attached hydrogens (tertiary/aromatic N) is 1. The number of amides is 1. The minimum absolute atomic E-state index is 0.219. The van der Waals surface area contributed by atoms with Gasteiger partial charge in [-0.05, 0) is 69.0 Å². The summed E-state index contributed by atoms with van der Waals surface area (Å²) >= 11 is 0. The van der Waals surface area contributed by atoms with Gasteiger partial charge in [-0.15, -0.1) is 0 Å². The predicted octanol–water partition coefficient (Wildman–Crippen LogP) is 2.66. The van der Waals surface area contributed by atoms with E-state index >= 15 is 0 Å². The highest BCUT2D eigenvalue weighted by atomic mass is 16.2. The van der Waals surface area contributed by atoms with Crippen molar-refractivity contribution in [1.82, 2.24) is 5.32 Å². The van der Waals surface area contributed by atoms with E-state index in [2.05, 4.69) is 37.4 Å². The van der Waals surface area contributed by atoms with E-state index in [1.54, 1.807) is 4.90 Å². The van der Waals surface area contributed by atoms with Gasteiger partial charge in [0.25, 0.3) is 0 Å². The molecule has 0 aromatic heterocycles. The highest BCUT2D eigenvalue weighted by Crippen LogP contribution is 2.20. The van der Waals surface area contributed by atoms with E-state index in [-0.39, 0.29) is 5.91 Å². The van der Waals surface area contributed by atoms with Crippen LogP contribution in [0.4, 0.5) is 5.69 Å². The van der Waals surface area contributed by atoms with Gasteiger partial charge in [-0.1, -0.05) is 6.07 Å². The summed E-state index contributed by atoms with van der Waals surface area (Å²) in [6.45, 7) is 6.31. The van der Waals surface area contributed by atoms with Crippen molar-refractivity contribution in [2.45, 2.75) is 33.1 Å². The molecular formula is C16H24N2O. The predicted molar refractivity (Wildman–Crippen MR) is 79.5 cm³/mol. The van der Waals surface area contributed by atoms with E-state index < -0.39 is 0 Å². The van der Waals surface area contributed by atoms with Gasteiger partial charge in [-0.25, -0.2) is 0 Å². The van der Waals surface area contributed by atoms with Crippen molar-refractivity contribution in [2.24, 2.45) is 5.92 Å². The fourth-order valence-electron chi connectivity index (χ4n) is 2.74. The topological polar surface area (TPSA) is 32.3 Å². The van der Waals surface area contributed by atoms with E-state index in [0.29, 0.717) is 12.3 Å². The van der Waals surface area contributed by atoms with Crippen LogP contribution in [0.5, 0.6) is 0 Å². The highest BCUT2D eigenvalue weighted by Gasteiger charge is 2.18. The van der Waals surface area contributed by atoms with Crippen LogP contribution in [0.2, 0.25) is 0 Å². The SMILES string of the molecule is Cc1cc(C)cc(N(C)C(=O)CCC2CCNC2)c1. The third-order valence-electron chi connectivity index (χ3n) is 3.90. The molecule has 1 heterocycles. The van der Waals surface area contributed by atoms with Crippen molar-refractivity contribution in [1.29, 1.82) is 0 Å². The molecule has 1 aliphatic rings. The second kappa shape index (κ2) is 6.20. The Hall–Kier alpha value is -1.35. The third-order valence-corrected chi connectivity index (χ3v) is 3.90. The van der Waals surface area contributed by atoms with Crippen LogP contribution in [-0.4, -0.2) is 26.0 Å². The molecule has 0 radical (unpaired) electrons. The monoisotopic (exact) mass is 260 g/mol. The molecule has 1 atom stereocenters. The summed E-state index contributed by atoms with van der Waals surface area (Å²) in [6.07, 6.45) is 2.86. The average Bonchev–Trinajstić information content (AvgIpc) is 2.87. The fourth-order valence-corrected chi connectivity index (χ4v) is 2.74. The quantitative estimate of drug-likeness (QED) is 0.902. The number of nitrogens with one attached hydrogen (secondary N) is 1. The lowest BCUT2D eigenvalue weighted by molar-refractivity contribution is -0.118. The van der Waals surface area contributed by atoms with Crippen molar-refractivity contribution in [3.63, 3.8) is 0 Å². The minimum atomic E-state index is 0.219. The Morgan fingerprint density at radius 1 is 1.32 bits per heavy atom. The first-order valence-corrected chi connectivity index (χ1v) is 7.12. The molecule has 1 unspecified atom stereocenters. The lowest BCUT2D eigenvalue weighted by Crippen LogP contribution is -2.26. The summed E-state index contributed by atoms with van der Waals surface area (Å²) in [6, 6.07) is 6.27. The number of benzene rings is 1. The number of hydrogen-bond donors (Lipinski definition) is 1. The van der Waals surface area contributed by atoms with Crippen LogP contribution in [0.1, 0.15) is 30.4 Å². The van der Waals surface area contributed by atoms with Crippen molar-refractivity contribution >= 4 is 11.6 Å². The standard InChI is InChI=1S/C16H24N2O/c1-12-8-13(2)10-15(9-12)18(3)16(19)5-4-14-6-7-17-11-14/h8-10,14,17H,4-7,11H2,1-3H3.